The van der Waals surface area contributed by atoms with E-state index >= 15 is 0 Å². The molecular formula is C17H22FNO4. The Hall–Kier alpha value is -2.11. The van der Waals surface area contributed by atoms with Crippen LogP contribution in [0.15, 0.2) is 18.2 Å². The molecule has 2 rings (SSSR count). The average molecular weight is 323 g/mol. The molecule has 23 heavy (non-hydrogen) atoms. The molecule has 0 unspecified atom stereocenters. The Labute approximate surface area is 135 Å². The number of amides is 1. The number of esters is 1. The monoisotopic (exact) mass is 323 g/mol. The number of ether oxygens (including phenoxy) is 2. The van der Waals surface area contributed by atoms with Gasteiger partial charge in [-0.3, -0.25) is 4.79 Å². The molecule has 0 bridgehead atoms. The van der Waals surface area contributed by atoms with Crippen LogP contribution in [0.5, 0.6) is 5.75 Å². The Kier molecular flexibility index (Phi) is 5.96. The smallest absolute Gasteiger partial charge is 0.341 e. The molecule has 2 atom stereocenters. The number of carbonyl (C=O) groups excluding carboxylic acids is 2. The van der Waals surface area contributed by atoms with Crippen LogP contribution in [0.3, 0.4) is 0 Å². The third-order valence-corrected chi connectivity index (χ3v) is 4.19. The third-order valence-electron chi connectivity index (χ3n) is 4.19. The second-order valence-electron chi connectivity index (χ2n) is 5.86. The molecule has 0 spiro atoms. The van der Waals surface area contributed by atoms with Crippen molar-refractivity contribution in [1.82, 2.24) is 5.32 Å². The van der Waals surface area contributed by atoms with Crippen molar-refractivity contribution >= 4 is 11.9 Å². The topological polar surface area (TPSA) is 64.6 Å². The molecule has 0 aromatic heterocycles. The van der Waals surface area contributed by atoms with Gasteiger partial charge in [0, 0.05) is 12.1 Å². The van der Waals surface area contributed by atoms with E-state index in [0.717, 1.165) is 25.3 Å². The van der Waals surface area contributed by atoms with Gasteiger partial charge < -0.3 is 14.8 Å². The third kappa shape index (κ3) is 4.68. The molecule has 1 saturated carbocycles. The van der Waals surface area contributed by atoms with Crippen molar-refractivity contribution in [2.75, 3.05) is 13.7 Å². The summed E-state index contributed by atoms with van der Waals surface area (Å²) in [6, 6.07) is 3.95. The molecule has 0 saturated heterocycles. The van der Waals surface area contributed by atoms with Crippen molar-refractivity contribution in [3.63, 3.8) is 0 Å². The number of benzene rings is 1. The highest BCUT2D eigenvalue weighted by Gasteiger charge is 2.23. The number of methoxy groups -OCH3 is 1. The second kappa shape index (κ2) is 7.94. The second-order valence-corrected chi connectivity index (χ2v) is 5.86. The molecule has 1 aliphatic carbocycles. The zero-order valence-electron chi connectivity index (χ0n) is 13.4. The SMILES string of the molecule is COc1ccc(C(=O)OCC(=O)N[C@H]2CCCC[C@@H]2C)c(F)c1. The van der Waals surface area contributed by atoms with E-state index < -0.39 is 18.4 Å². The molecule has 5 nitrogen and oxygen atoms in total. The maximum absolute atomic E-state index is 13.8. The lowest BCUT2D eigenvalue weighted by atomic mass is 9.86. The van der Waals surface area contributed by atoms with Crippen LogP contribution in [0, 0.1) is 11.7 Å². The van der Waals surface area contributed by atoms with Crippen molar-refractivity contribution < 1.29 is 23.5 Å². The fourth-order valence-corrected chi connectivity index (χ4v) is 2.78. The molecule has 1 N–H and O–H groups in total. The van der Waals surface area contributed by atoms with Crippen LogP contribution in [0.25, 0.3) is 0 Å². The van der Waals surface area contributed by atoms with E-state index in [0.29, 0.717) is 11.7 Å². The van der Waals surface area contributed by atoms with Crippen molar-refractivity contribution in [3.8, 4) is 5.75 Å². The summed E-state index contributed by atoms with van der Waals surface area (Å²) in [4.78, 5) is 23.7. The highest BCUT2D eigenvalue weighted by atomic mass is 19.1. The Morgan fingerprint density at radius 3 is 2.70 bits per heavy atom. The molecule has 0 heterocycles. The van der Waals surface area contributed by atoms with Gasteiger partial charge in [-0.15, -0.1) is 0 Å². The summed E-state index contributed by atoms with van der Waals surface area (Å²) < 4.78 is 23.5. The van der Waals surface area contributed by atoms with Crippen molar-refractivity contribution in [3.05, 3.63) is 29.6 Å². The van der Waals surface area contributed by atoms with Crippen LogP contribution in [0.1, 0.15) is 43.0 Å². The largest absolute Gasteiger partial charge is 0.497 e. The van der Waals surface area contributed by atoms with Crippen molar-refractivity contribution in [2.24, 2.45) is 5.92 Å². The summed E-state index contributed by atoms with van der Waals surface area (Å²) in [5, 5.41) is 2.88. The maximum Gasteiger partial charge on any atom is 0.341 e. The number of nitrogens with one attached hydrogen (secondary N) is 1. The van der Waals surface area contributed by atoms with E-state index in [1.165, 1.54) is 25.7 Å². The first-order valence-corrected chi connectivity index (χ1v) is 7.81. The maximum atomic E-state index is 13.8. The van der Waals surface area contributed by atoms with E-state index in [9.17, 15) is 14.0 Å². The summed E-state index contributed by atoms with van der Waals surface area (Å²) in [7, 11) is 1.41. The van der Waals surface area contributed by atoms with E-state index in [2.05, 4.69) is 12.2 Å². The summed E-state index contributed by atoms with van der Waals surface area (Å²) in [5.74, 6) is -1.23. The minimum atomic E-state index is -0.864. The Bertz CT molecular complexity index is 576. The molecule has 1 amide bonds. The lowest BCUT2D eigenvalue weighted by Crippen LogP contribution is -2.42. The summed E-state index contributed by atoms with van der Waals surface area (Å²) >= 11 is 0. The number of carbonyl (C=O) groups is 2. The highest BCUT2D eigenvalue weighted by molar-refractivity contribution is 5.91. The predicted octanol–water partition coefficient (Wildman–Crippen LogP) is 2.69. The molecule has 6 heteroatoms. The zero-order valence-corrected chi connectivity index (χ0v) is 13.4. The van der Waals surface area contributed by atoms with Crippen molar-refractivity contribution in [1.29, 1.82) is 0 Å². The lowest BCUT2D eigenvalue weighted by Gasteiger charge is -2.29. The van der Waals surface area contributed by atoms with Crippen LogP contribution in [-0.2, 0) is 9.53 Å². The summed E-state index contributed by atoms with van der Waals surface area (Å²) in [6.45, 7) is 1.69. The van der Waals surface area contributed by atoms with E-state index in [4.69, 9.17) is 9.47 Å². The number of rotatable bonds is 5. The van der Waals surface area contributed by atoms with Gasteiger partial charge in [-0.25, -0.2) is 9.18 Å². The first-order valence-electron chi connectivity index (χ1n) is 7.81. The van der Waals surface area contributed by atoms with E-state index in [1.54, 1.807) is 0 Å². The minimum Gasteiger partial charge on any atom is -0.497 e. The normalized spacial score (nSPS) is 20.7. The summed E-state index contributed by atoms with van der Waals surface area (Å²) in [5.41, 5.74) is -0.218. The number of halogens is 1. The average Bonchev–Trinajstić information content (AvgIpc) is 2.54. The van der Waals surface area contributed by atoms with Gasteiger partial charge in [-0.1, -0.05) is 19.8 Å². The molecule has 126 valence electrons. The first-order chi connectivity index (χ1) is 11.0. The Morgan fingerprint density at radius 2 is 2.04 bits per heavy atom. The lowest BCUT2D eigenvalue weighted by molar-refractivity contribution is -0.125. The molecule has 1 fully saturated rings. The standard InChI is InChI=1S/C17H22FNO4/c1-11-5-3-4-6-15(11)19-16(20)10-23-17(21)13-8-7-12(22-2)9-14(13)18/h7-9,11,15H,3-6,10H2,1-2H3,(H,19,20)/t11-,15-/m0/s1. The Balaban J connectivity index is 1.85. The van der Waals surface area contributed by atoms with Gasteiger partial charge >= 0.3 is 5.97 Å². The van der Waals surface area contributed by atoms with Crippen molar-refractivity contribution in [2.45, 2.75) is 38.6 Å². The van der Waals surface area contributed by atoms with Gasteiger partial charge in [0.2, 0.25) is 0 Å². The van der Waals surface area contributed by atoms with Crippen LogP contribution in [-0.4, -0.2) is 31.6 Å². The highest BCUT2D eigenvalue weighted by Crippen LogP contribution is 2.23. The van der Waals surface area contributed by atoms with Gasteiger partial charge in [0.1, 0.15) is 11.6 Å². The summed E-state index contributed by atoms with van der Waals surface area (Å²) in [6.07, 6.45) is 4.29. The van der Waals surface area contributed by atoms with Crippen LogP contribution >= 0.6 is 0 Å². The van der Waals surface area contributed by atoms with Gasteiger partial charge in [-0.2, -0.15) is 0 Å². The van der Waals surface area contributed by atoms with E-state index in [1.807, 2.05) is 0 Å². The predicted molar refractivity (Wildman–Crippen MR) is 82.8 cm³/mol. The van der Waals surface area contributed by atoms with Gasteiger partial charge in [0.15, 0.2) is 6.61 Å². The molecule has 1 aliphatic rings. The zero-order chi connectivity index (χ0) is 16.8. The quantitative estimate of drug-likeness (QED) is 0.846. The van der Waals surface area contributed by atoms with Gasteiger partial charge in [0.25, 0.3) is 5.91 Å². The van der Waals surface area contributed by atoms with Crippen LogP contribution in [0.4, 0.5) is 4.39 Å². The van der Waals surface area contributed by atoms with Crippen LogP contribution in [0.2, 0.25) is 0 Å². The molecule has 1 aromatic rings. The van der Waals surface area contributed by atoms with Gasteiger partial charge in [-0.05, 0) is 30.9 Å². The fourth-order valence-electron chi connectivity index (χ4n) is 2.78. The molecular weight excluding hydrogens is 301 g/mol. The van der Waals surface area contributed by atoms with E-state index in [-0.39, 0.29) is 17.5 Å². The number of hydrogen-bond acceptors (Lipinski definition) is 4. The minimum absolute atomic E-state index is 0.118. The van der Waals surface area contributed by atoms with Gasteiger partial charge in [0.05, 0.1) is 12.7 Å². The number of hydrogen-bond donors (Lipinski definition) is 1. The molecule has 0 radical (unpaired) electrons. The Morgan fingerprint density at radius 1 is 1.30 bits per heavy atom. The molecule has 0 aliphatic heterocycles. The molecule has 1 aromatic carbocycles. The first kappa shape index (κ1) is 17.2. The van der Waals surface area contributed by atoms with Crippen LogP contribution < -0.4 is 10.1 Å². The fraction of sp³-hybridized carbons (Fsp3) is 0.529.